The second-order valence-electron chi connectivity index (χ2n) is 5.37. The zero-order chi connectivity index (χ0) is 16.8. The number of rotatable bonds is 3. The van der Waals surface area contributed by atoms with E-state index in [2.05, 4.69) is 25.2 Å². The fourth-order valence-electron chi connectivity index (χ4n) is 2.54. The Hall–Kier alpha value is -2.90. The second kappa shape index (κ2) is 7.58. The number of carbonyl (C=O) groups excluding carboxylic acids is 1. The van der Waals surface area contributed by atoms with Gasteiger partial charge in [0, 0.05) is 44.6 Å². The highest BCUT2D eigenvalue weighted by atomic mass is 16.5. The molecule has 2 amide bonds. The lowest BCUT2D eigenvalue weighted by atomic mass is 10.4. The van der Waals surface area contributed by atoms with Crippen molar-refractivity contribution in [1.29, 1.82) is 0 Å². The van der Waals surface area contributed by atoms with Crippen molar-refractivity contribution in [3.8, 4) is 5.88 Å². The summed E-state index contributed by atoms with van der Waals surface area (Å²) in [5, 5.41) is 2.82. The van der Waals surface area contributed by atoms with Gasteiger partial charge in [0.2, 0.25) is 11.8 Å². The van der Waals surface area contributed by atoms with Crippen molar-refractivity contribution >= 4 is 17.8 Å². The Morgan fingerprint density at radius 1 is 1.12 bits per heavy atom. The van der Waals surface area contributed by atoms with Crippen molar-refractivity contribution in [2.45, 2.75) is 6.42 Å². The van der Waals surface area contributed by atoms with Crippen molar-refractivity contribution in [2.24, 2.45) is 0 Å². The van der Waals surface area contributed by atoms with Crippen LogP contribution in [0.1, 0.15) is 6.42 Å². The first-order valence-electron chi connectivity index (χ1n) is 7.85. The van der Waals surface area contributed by atoms with E-state index in [4.69, 9.17) is 4.74 Å². The number of nitrogens with zero attached hydrogens (tertiary/aromatic N) is 5. The largest absolute Gasteiger partial charge is 0.481 e. The average molecular weight is 328 g/mol. The molecule has 1 aliphatic heterocycles. The number of urea groups is 1. The van der Waals surface area contributed by atoms with E-state index in [1.165, 1.54) is 0 Å². The predicted octanol–water partition coefficient (Wildman–Crippen LogP) is 1.62. The van der Waals surface area contributed by atoms with Crippen LogP contribution in [0, 0.1) is 0 Å². The fraction of sp³-hybridized carbons (Fsp3) is 0.375. The molecule has 1 fully saturated rings. The summed E-state index contributed by atoms with van der Waals surface area (Å²) in [5.41, 5.74) is 0. The summed E-state index contributed by atoms with van der Waals surface area (Å²) < 4.78 is 5.14. The summed E-state index contributed by atoms with van der Waals surface area (Å²) in [6.07, 6.45) is 4.17. The van der Waals surface area contributed by atoms with Gasteiger partial charge < -0.3 is 14.5 Å². The number of anilines is 2. The van der Waals surface area contributed by atoms with Gasteiger partial charge in [0.25, 0.3) is 0 Å². The lowest BCUT2D eigenvalue weighted by molar-refractivity contribution is 0.215. The molecule has 1 N–H and O–H groups in total. The molecule has 0 aliphatic carbocycles. The van der Waals surface area contributed by atoms with Gasteiger partial charge in [-0.05, 0) is 18.6 Å². The first-order valence-corrected chi connectivity index (χ1v) is 7.85. The molecule has 0 aromatic carbocycles. The van der Waals surface area contributed by atoms with Crippen molar-refractivity contribution in [1.82, 2.24) is 19.9 Å². The summed E-state index contributed by atoms with van der Waals surface area (Å²) >= 11 is 0. The lowest BCUT2D eigenvalue weighted by Gasteiger charge is -2.22. The topological polar surface area (TPSA) is 83.5 Å². The van der Waals surface area contributed by atoms with Crippen LogP contribution in [0.2, 0.25) is 0 Å². The number of methoxy groups -OCH3 is 1. The Balaban J connectivity index is 1.61. The molecule has 0 radical (unpaired) electrons. The SMILES string of the molecule is COc1ccnc(N2CCCN(C(=O)Nc3ccccn3)CC2)n1. The Morgan fingerprint density at radius 2 is 2.04 bits per heavy atom. The smallest absolute Gasteiger partial charge is 0.323 e. The summed E-state index contributed by atoms with van der Waals surface area (Å²) in [4.78, 5) is 29.0. The molecule has 3 rings (SSSR count). The maximum atomic E-state index is 12.4. The second-order valence-corrected chi connectivity index (χ2v) is 5.37. The Labute approximate surface area is 140 Å². The molecule has 0 bridgehead atoms. The van der Waals surface area contributed by atoms with Gasteiger partial charge in [-0.15, -0.1) is 0 Å². The van der Waals surface area contributed by atoms with E-state index in [1.54, 1.807) is 36.5 Å². The van der Waals surface area contributed by atoms with Crippen LogP contribution in [0.4, 0.5) is 16.6 Å². The van der Waals surface area contributed by atoms with Gasteiger partial charge in [-0.25, -0.2) is 14.8 Å². The van der Waals surface area contributed by atoms with Crippen LogP contribution in [-0.4, -0.2) is 59.2 Å². The van der Waals surface area contributed by atoms with Gasteiger partial charge in [-0.1, -0.05) is 6.07 Å². The number of aromatic nitrogens is 3. The van der Waals surface area contributed by atoms with Crippen molar-refractivity contribution in [3.63, 3.8) is 0 Å². The number of nitrogens with one attached hydrogen (secondary N) is 1. The van der Waals surface area contributed by atoms with Gasteiger partial charge >= 0.3 is 6.03 Å². The normalized spacial score (nSPS) is 14.9. The minimum absolute atomic E-state index is 0.137. The van der Waals surface area contributed by atoms with Gasteiger partial charge in [0.1, 0.15) is 5.82 Å². The van der Waals surface area contributed by atoms with Crippen LogP contribution in [-0.2, 0) is 0 Å². The van der Waals surface area contributed by atoms with Crippen LogP contribution >= 0.6 is 0 Å². The van der Waals surface area contributed by atoms with E-state index in [1.807, 2.05) is 12.1 Å². The molecule has 1 aliphatic rings. The van der Waals surface area contributed by atoms with E-state index >= 15 is 0 Å². The Morgan fingerprint density at radius 3 is 2.83 bits per heavy atom. The molecular weight excluding hydrogens is 308 g/mol. The minimum atomic E-state index is -0.137. The molecule has 2 aromatic heterocycles. The molecule has 3 heterocycles. The van der Waals surface area contributed by atoms with Crippen LogP contribution in [0.5, 0.6) is 5.88 Å². The van der Waals surface area contributed by atoms with Gasteiger partial charge in [0.05, 0.1) is 7.11 Å². The summed E-state index contributed by atoms with van der Waals surface area (Å²) in [6.45, 7) is 2.74. The Kier molecular flexibility index (Phi) is 5.05. The van der Waals surface area contributed by atoms with E-state index in [9.17, 15) is 4.79 Å². The van der Waals surface area contributed by atoms with Crippen molar-refractivity contribution in [2.75, 3.05) is 43.5 Å². The van der Waals surface area contributed by atoms with Crippen LogP contribution in [0.15, 0.2) is 36.7 Å². The third kappa shape index (κ3) is 3.89. The monoisotopic (exact) mass is 328 g/mol. The van der Waals surface area contributed by atoms with Crippen LogP contribution < -0.4 is 15.0 Å². The highest BCUT2D eigenvalue weighted by Gasteiger charge is 2.21. The van der Waals surface area contributed by atoms with Gasteiger partial charge in [0.15, 0.2) is 0 Å². The number of carbonyl (C=O) groups is 1. The Bertz CT molecular complexity index is 681. The molecule has 2 aromatic rings. The molecule has 0 saturated carbocycles. The van der Waals surface area contributed by atoms with E-state index < -0.39 is 0 Å². The molecule has 1 saturated heterocycles. The lowest BCUT2D eigenvalue weighted by Crippen LogP contribution is -2.38. The molecule has 126 valence electrons. The summed E-state index contributed by atoms with van der Waals surface area (Å²) in [5.74, 6) is 1.72. The van der Waals surface area contributed by atoms with E-state index in [0.717, 1.165) is 13.0 Å². The van der Waals surface area contributed by atoms with Crippen LogP contribution in [0.25, 0.3) is 0 Å². The minimum Gasteiger partial charge on any atom is -0.481 e. The molecule has 8 heteroatoms. The molecule has 0 unspecified atom stereocenters. The number of amides is 2. The first-order chi connectivity index (χ1) is 11.8. The standard InChI is InChI=1S/C16H20N6O2/c1-24-14-6-8-18-15(20-14)21-9-4-10-22(12-11-21)16(23)19-13-5-2-3-7-17-13/h2-3,5-8H,4,9-12H2,1H3,(H,17,19,23). The maximum absolute atomic E-state index is 12.4. The van der Waals surface area contributed by atoms with E-state index in [-0.39, 0.29) is 6.03 Å². The predicted molar refractivity (Wildman–Crippen MR) is 90.2 cm³/mol. The summed E-state index contributed by atoms with van der Waals surface area (Å²) in [6, 6.07) is 7.00. The van der Waals surface area contributed by atoms with Crippen LogP contribution in [0.3, 0.4) is 0 Å². The highest BCUT2D eigenvalue weighted by molar-refractivity contribution is 5.88. The highest BCUT2D eigenvalue weighted by Crippen LogP contribution is 2.15. The van der Waals surface area contributed by atoms with Crippen molar-refractivity contribution < 1.29 is 9.53 Å². The molecule has 8 nitrogen and oxygen atoms in total. The number of hydrogen-bond donors (Lipinski definition) is 1. The zero-order valence-corrected chi connectivity index (χ0v) is 13.6. The molecule has 0 spiro atoms. The third-order valence-corrected chi connectivity index (χ3v) is 3.79. The fourth-order valence-corrected chi connectivity index (χ4v) is 2.54. The first kappa shape index (κ1) is 16.0. The summed E-state index contributed by atoms with van der Waals surface area (Å²) in [7, 11) is 1.58. The molecule has 24 heavy (non-hydrogen) atoms. The van der Waals surface area contributed by atoms with Gasteiger partial charge in [-0.3, -0.25) is 5.32 Å². The maximum Gasteiger partial charge on any atom is 0.323 e. The number of hydrogen-bond acceptors (Lipinski definition) is 6. The number of ether oxygens (including phenoxy) is 1. The number of pyridine rings is 1. The zero-order valence-electron chi connectivity index (χ0n) is 13.6. The van der Waals surface area contributed by atoms with E-state index in [0.29, 0.717) is 37.3 Å². The van der Waals surface area contributed by atoms with Crippen molar-refractivity contribution in [3.05, 3.63) is 36.7 Å². The van der Waals surface area contributed by atoms with Gasteiger partial charge in [-0.2, -0.15) is 4.98 Å². The third-order valence-electron chi connectivity index (χ3n) is 3.79. The quantitative estimate of drug-likeness (QED) is 0.922. The average Bonchev–Trinajstić information content (AvgIpc) is 2.89. The molecular formula is C16H20N6O2. The molecule has 0 atom stereocenters.